The molecule has 11 heteroatoms. The second-order valence-electron chi connectivity index (χ2n) is 10.2. The minimum Gasteiger partial charge on any atom is -0.488 e. The maximum absolute atomic E-state index is 14.1. The minimum absolute atomic E-state index is 0.0105. The number of anilines is 1. The molecule has 1 N–H and O–H groups in total. The number of morpholine rings is 1. The van der Waals surface area contributed by atoms with Crippen LogP contribution < -0.4 is 9.64 Å². The van der Waals surface area contributed by atoms with Crippen molar-refractivity contribution in [3.63, 3.8) is 0 Å². The van der Waals surface area contributed by atoms with Crippen LogP contribution in [0, 0.1) is 12.8 Å². The van der Waals surface area contributed by atoms with E-state index in [1.165, 1.54) is 17.4 Å². The molecule has 0 spiro atoms. The molecule has 2 aliphatic rings. The third-order valence-corrected chi connectivity index (χ3v) is 8.39. The summed E-state index contributed by atoms with van der Waals surface area (Å²) in [5.74, 6) is -1.42. The van der Waals surface area contributed by atoms with E-state index in [4.69, 9.17) is 9.47 Å². The fourth-order valence-corrected chi connectivity index (χ4v) is 6.03. The Morgan fingerprint density at radius 1 is 1.15 bits per heavy atom. The fourth-order valence-electron chi connectivity index (χ4n) is 5.15. The van der Waals surface area contributed by atoms with Crippen LogP contribution in [0.1, 0.15) is 35.1 Å². The van der Waals surface area contributed by atoms with Crippen molar-refractivity contribution in [3.8, 4) is 17.0 Å². The van der Waals surface area contributed by atoms with Gasteiger partial charge in [0.15, 0.2) is 5.13 Å². The van der Waals surface area contributed by atoms with Gasteiger partial charge in [0.1, 0.15) is 12.4 Å². The second-order valence-corrected chi connectivity index (χ2v) is 11.1. The number of ether oxygens (including phenoxy) is 2. The van der Waals surface area contributed by atoms with E-state index >= 15 is 0 Å². The first-order chi connectivity index (χ1) is 19.2. The summed E-state index contributed by atoms with van der Waals surface area (Å²) in [6, 6.07) is 9.97. The smallest absolute Gasteiger partial charge is 0.419 e. The van der Waals surface area contributed by atoms with Crippen LogP contribution in [0.4, 0.5) is 18.3 Å². The molecule has 2 fully saturated rings. The second kappa shape index (κ2) is 12.2. The highest BCUT2D eigenvalue weighted by molar-refractivity contribution is 7.14. The number of aliphatic carboxylic acids is 1. The number of carbonyl (C=O) groups is 1. The van der Waals surface area contributed by atoms with E-state index in [-0.39, 0.29) is 23.8 Å². The molecule has 0 radical (unpaired) electrons. The molecule has 3 heterocycles. The Bertz CT molecular complexity index is 1330. The van der Waals surface area contributed by atoms with E-state index in [1.54, 1.807) is 11.4 Å². The van der Waals surface area contributed by atoms with Crippen LogP contribution >= 0.6 is 11.3 Å². The van der Waals surface area contributed by atoms with Crippen molar-refractivity contribution in [2.75, 3.05) is 44.3 Å². The topological polar surface area (TPSA) is 75.1 Å². The van der Waals surface area contributed by atoms with Gasteiger partial charge < -0.3 is 19.5 Å². The number of aromatic nitrogens is 1. The first kappa shape index (κ1) is 28.4. The average molecular weight is 576 g/mol. The van der Waals surface area contributed by atoms with Crippen LogP contribution in [-0.4, -0.2) is 60.4 Å². The van der Waals surface area contributed by atoms with Gasteiger partial charge in [0.2, 0.25) is 0 Å². The molecule has 5 rings (SSSR count). The molecule has 0 aliphatic carbocycles. The monoisotopic (exact) mass is 575 g/mol. The van der Waals surface area contributed by atoms with Crippen molar-refractivity contribution in [1.82, 2.24) is 9.88 Å². The lowest BCUT2D eigenvalue weighted by Crippen LogP contribution is -2.36. The van der Waals surface area contributed by atoms with Gasteiger partial charge >= 0.3 is 12.1 Å². The van der Waals surface area contributed by atoms with Gasteiger partial charge in [-0.25, -0.2) is 4.98 Å². The van der Waals surface area contributed by atoms with Gasteiger partial charge in [-0.2, -0.15) is 13.2 Å². The highest BCUT2D eigenvalue weighted by Gasteiger charge is 2.36. The third-order valence-electron chi connectivity index (χ3n) is 7.49. The standard InChI is InChI=1S/C29H32F3N3O4S/c1-19-15-20(16-34-11-13-38-14-12-34)5-6-22(19)17-39-26-23(3-2-4-24(26)29(30,31)32)25-18-40-28(33-25)35-9-7-21(8-10-35)27(36)37/h2-6,15,18,21H,7-14,16-17H2,1H3,(H,36,37). The van der Waals surface area contributed by atoms with Crippen molar-refractivity contribution in [1.29, 1.82) is 0 Å². The molecule has 2 aliphatic heterocycles. The quantitative estimate of drug-likeness (QED) is 0.361. The molecule has 0 unspecified atom stereocenters. The van der Waals surface area contributed by atoms with Crippen molar-refractivity contribution >= 4 is 22.4 Å². The predicted octanol–water partition coefficient (Wildman–Crippen LogP) is 5.85. The molecule has 0 bridgehead atoms. The number of alkyl halides is 3. The van der Waals surface area contributed by atoms with E-state index in [0.29, 0.717) is 36.8 Å². The molecular weight excluding hydrogens is 543 g/mol. The number of aryl methyl sites for hydroxylation is 1. The van der Waals surface area contributed by atoms with Crippen LogP contribution in [0.15, 0.2) is 41.8 Å². The van der Waals surface area contributed by atoms with Crippen LogP contribution in [0.3, 0.4) is 0 Å². The Balaban J connectivity index is 1.35. The number of piperidine rings is 1. The van der Waals surface area contributed by atoms with Crippen LogP contribution in [0.5, 0.6) is 5.75 Å². The Morgan fingerprint density at radius 2 is 1.90 bits per heavy atom. The molecule has 2 saturated heterocycles. The first-order valence-electron chi connectivity index (χ1n) is 13.3. The van der Waals surface area contributed by atoms with Gasteiger partial charge in [0, 0.05) is 43.7 Å². The normalized spacial score (nSPS) is 17.2. The Morgan fingerprint density at radius 3 is 2.58 bits per heavy atom. The molecule has 214 valence electrons. The largest absolute Gasteiger partial charge is 0.488 e. The van der Waals surface area contributed by atoms with E-state index in [2.05, 4.69) is 16.0 Å². The average Bonchev–Trinajstić information content (AvgIpc) is 3.43. The van der Waals surface area contributed by atoms with Crippen LogP contribution in [0.25, 0.3) is 11.3 Å². The maximum Gasteiger partial charge on any atom is 0.419 e. The number of carboxylic acid groups (broad SMARTS) is 1. The van der Waals surface area contributed by atoms with Gasteiger partial charge in [-0.3, -0.25) is 9.69 Å². The zero-order chi connectivity index (χ0) is 28.3. The van der Waals surface area contributed by atoms with Crippen molar-refractivity contribution < 1.29 is 32.5 Å². The van der Waals surface area contributed by atoms with Crippen molar-refractivity contribution in [2.24, 2.45) is 5.92 Å². The van der Waals surface area contributed by atoms with Crippen LogP contribution in [0.2, 0.25) is 0 Å². The molecule has 40 heavy (non-hydrogen) atoms. The molecule has 0 amide bonds. The molecule has 1 aromatic heterocycles. The lowest BCUT2D eigenvalue weighted by molar-refractivity contribution is -0.142. The fraction of sp³-hybridized carbons (Fsp3) is 0.448. The van der Waals surface area contributed by atoms with Gasteiger partial charge in [-0.1, -0.05) is 24.3 Å². The SMILES string of the molecule is Cc1cc(CN2CCOCC2)ccc1COc1c(-c2csc(N3CCC(C(=O)O)CC3)n2)cccc1C(F)(F)F. The van der Waals surface area contributed by atoms with Gasteiger partial charge in [0.05, 0.1) is 30.4 Å². The molecule has 0 atom stereocenters. The van der Waals surface area contributed by atoms with E-state index in [0.717, 1.165) is 55.6 Å². The highest BCUT2D eigenvalue weighted by atomic mass is 32.1. The highest BCUT2D eigenvalue weighted by Crippen LogP contribution is 2.43. The number of hydrogen-bond acceptors (Lipinski definition) is 7. The number of hydrogen-bond donors (Lipinski definition) is 1. The zero-order valence-corrected chi connectivity index (χ0v) is 23.1. The van der Waals surface area contributed by atoms with E-state index in [1.807, 2.05) is 24.0 Å². The zero-order valence-electron chi connectivity index (χ0n) is 22.2. The van der Waals surface area contributed by atoms with Crippen molar-refractivity contribution in [3.05, 3.63) is 64.0 Å². The number of para-hydroxylation sites is 1. The van der Waals surface area contributed by atoms with Crippen LogP contribution in [-0.2, 0) is 28.9 Å². The van der Waals surface area contributed by atoms with Crippen molar-refractivity contribution in [2.45, 2.75) is 39.1 Å². The molecule has 3 aromatic rings. The summed E-state index contributed by atoms with van der Waals surface area (Å²) in [5.41, 5.74) is 2.75. The summed E-state index contributed by atoms with van der Waals surface area (Å²) in [6.07, 6.45) is -3.58. The van der Waals surface area contributed by atoms with Gasteiger partial charge in [0.25, 0.3) is 0 Å². The predicted molar refractivity (Wildman–Crippen MR) is 147 cm³/mol. The number of rotatable bonds is 8. The lowest BCUT2D eigenvalue weighted by atomic mass is 9.97. The first-order valence-corrected chi connectivity index (χ1v) is 14.2. The Kier molecular flexibility index (Phi) is 8.62. The van der Waals surface area contributed by atoms with Gasteiger partial charge in [-0.15, -0.1) is 11.3 Å². The third kappa shape index (κ3) is 6.59. The summed E-state index contributed by atoms with van der Waals surface area (Å²) in [6.45, 7) is 6.99. The molecular formula is C29H32F3N3O4S. The Hall–Kier alpha value is -3.15. The molecule has 0 saturated carbocycles. The summed E-state index contributed by atoms with van der Waals surface area (Å²) >= 11 is 1.33. The molecule has 7 nitrogen and oxygen atoms in total. The number of carboxylic acids is 1. The maximum atomic E-state index is 14.1. The minimum atomic E-state index is -4.60. The van der Waals surface area contributed by atoms with E-state index < -0.39 is 17.7 Å². The Labute approximate surface area is 235 Å². The molecule has 2 aromatic carbocycles. The van der Waals surface area contributed by atoms with E-state index in [9.17, 15) is 23.1 Å². The van der Waals surface area contributed by atoms with Gasteiger partial charge in [-0.05, 0) is 48.6 Å². The summed E-state index contributed by atoms with van der Waals surface area (Å²) in [4.78, 5) is 20.2. The number of nitrogens with zero attached hydrogens (tertiary/aromatic N) is 3. The summed E-state index contributed by atoms with van der Waals surface area (Å²) in [7, 11) is 0. The summed E-state index contributed by atoms with van der Waals surface area (Å²) in [5, 5.41) is 11.6. The number of halogens is 3. The summed E-state index contributed by atoms with van der Waals surface area (Å²) < 4.78 is 53.5. The number of thiazole rings is 1. The lowest BCUT2D eigenvalue weighted by Gasteiger charge is -2.29. The number of benzene rings is 2.